The van der Waals surface area contributed by atoms with Crippen molar-refractivity contribution in [3.8, 4) is 0 Å². The summed E-state index contributed by atoms with van der Waals surface area (Å²) in [6.07, 6.45) is 0. The Bertz CT molecular complexity index is 656. The highest BCUT2D eigenvalue weighted by molar-refractivity contribution is 7.91. The van der Waals surface area contributed by atoms with E-state index in [0.717, 1.165) is 0 Å². The first-order valence-corrected chi connectivity index (χ1v) is 6.82. The van der Waals surface area contributed by atoms with Crippen LogP contribution in [0, 0.1) is 6.07 Å². The summed E-state index contributed by atoms with van der Waals surface area (Å²) < 4.78 is 24.4. The third-order valence-corrected chi connectivity index (χ3v) is 4.35. The quantitative estimate of drug-likeness (QED) is 0.796. The molecule has 0 N–H and O–H groups in total. The van der Waals surface area contributed by atoms with Gasteiger partial charge < -0.3 is 0 Å². The lowest BCUT2D eigenvalue weighted by Gasteiger charge is -2.04. The van der Waals surface area contributed by atoms with Gasteiger partial charge in [-0.25, -0.2) is 8.42 Å². The standard InChI is InChI=1S/C14H11O3S/c1-11(15)12-7-9-14(10-8-12)18(16,17)13-5-3-2-4-6-13/h3-10H,1H3. The molecule has 2 aromatic carbocycles. The van der Waals surface area contributed by atoms with Crippen molar-refractivity contribution in [2.24, 2.45) is 0 Å². The number of hydrogen-bond donors (Lipinski definition) is 0. The van der Waals surface area contributed by atoms with Crippen LogP contribution in [0.2, 0.25) is 0 Å². The van der Waals surface area contributed by atoms with Gasteiger partial charge in [-0.05, 0) is 37.3 Å². The molecule has 0 aliphatic rings. The van der Waals surface area contributed by atoms with Gasteiger partial charge in [-0.3, -0.25) is 4.79 Å². The van der Waals surface area contributed by atoms with Crippen LogP contribution in [0.5, 0.6) is 0 Å². The summed E-state index contributed by atoms with van der Waals surface area (Å²) in [5, 5.41) is 0. The molecule has 0 aliphatic carbocycles. The van der Waals surface area contributed by atoms with Gasteiger partial charge in [0.25, 0.3) is 0 Å². The van der Waals surface area contributed by atoms with Crippen LogP contribution in [-0.4, -0.2) is 14.2 Å². The molecule has 0 aliphatic heterocycles. The predicted molar refractivity (Wildman–Crippen MR) is 67.2 cm³/mol. The van der Waals surface area contributed by atoms with Crippen molar-refractivity contribution in [1.29, 1.82) is 0 Å². The third-order valence-electron chi connectivity index (χ3n) is 2.57. The SMILES string of the molecule is CC(=O)c1ccc(S(=O)(=O)c2cc[c]cc2)cc1. The summed E-state index contributed by atoms with van der Waals surface area (Å²) in [4.78, 5) is 11.5. The van der Waals surface area contributed by atoms with Gasteiger partial charge in [0.1, 0.15) is 0 Å². The van der Waals surface area contributed by atoms with Crippen molar-refractivity contribution < 1.29 is 13.2 Å². The molecule has 0 saturated carbocycles. The maximum atomic E-state index is 12.2. The highest BCUT2D eigenvalue weighted by Gasteiger charge is 2.16. The molecule has 0 amide bonds. The van der Waals surface area contributed by atoms with Crippen LogP contribution in [0.4, 0.5) is 0 Å². The van der Waals surface area contributed by atoms with Gasteiger partial charge in [0.05, 0.1) is 9.79 Å². The van der Waals surface area contributed by atoms with Gasteiger partial charge in [0.2, 0.25) is 9.84 Å². The largest absolute Gasteiger partial charge is 0.295 e. The molecule has 0 spiro atoms. The van der Waals surface area contributed by atoms with E-state index in [1.165, 1.54) is 43.3 Å². The van der Waals surface area contributed by atoms with Crippen LogP contribution in [0.3, 0.4) is 0 Å². The first kappa shape index (κ1) is 12.5. The van der Waals surface area contributed by atoms with Crippen LogP contribution in [0.25, 0.3) is 0 Å². The van der Waals surface area contributed by atoms with Crippen LogP contribution in [-0.2, 0) is 9.84 Å². The van der Waals surface area contributed by atoms with Crippen molar-refractivity contribution in [3.05, 3.63) is 60.2 Å². The lowest BCUT2D eigenvalue weighted by molar-refractivity contribution is 0.101. The predicted octanol–water partition coefficient (Wildman–Crippen LogP) is 2.52. The minimum absolute atomic E-state index is 0.0896. The lowest BCUT2D eigenvalue weighted by Crippen LogP contribution is -2.02. The molecule has 0 aromatic heterocycles. The monoisotopic (exact) mass is 259 g/mol. The number of benzene rings is 2. The molecule has 0 atom stereocenters. The van der Waals surface area contributed by atoms with Crippen LogP contribution < -0.4 is 0 Å². The van der Waals surface area contributed by atoms with Crippen molar-refractivity contribution in [3.63, 3.8) is 0 Å². The topological polar surface area (TPSA) is 51.2 Å². The first-order chi connectivity index (χ1) is 8.51. The van der Waals surface area contributed by atoms with E-state index in [1.807, 2.05) is 0 Å². The molecular formula is C14H11O3S. The van der Waals surface area contributed by atoms with Gasteiger partial charge in [-0.15, -0.1) is 0 Å². The molecule has 1 radical (unpaired) electrons. The molecule has 2 rings (SSSR count). The molecule has 0 fully saturated rings. The Kier molecular flexibility index (Phi) is 3.30. The summed E-state index contributed by atoms with van der Waals surface area (Å²) >= 11 is 0. The van der Waals surface area contributed by atoms with E-state index in [0.29, 0.717) is 5.56 Å². The number of carbonyl (C=O) groups excluding carboxylic acids is 1. The smallest absolute Gasteiger partial charge is 0.206 e. The molecule has 0 saturated heterocycles. The molecule has 91 valence electrons. The summed E-state index contributed by atoms with van der Waals surface area (Å²) in [5.41, 5.74) is 0.496. The maximum absolute atomic E-state index is 12.2. The van der Waals surface area contributed by atoms with E-state index in [9.17, 15) is 13.2 Å². The van der Waals surface area contributed by atoms with E-state index in [-0.39, 0.29) is 15.6 Å². The van der Waals surface area contributed by atoms with Gasteiger partial charge >= 0.3 is 0 Å². The summed E-state index contributed by atoms with van der Waals surface area (Å²) in [6, 6.07) is 14.8. The normalized spacial score (nSPS) is 11.2. The summed E-state index contributed by atoms with van der Waals surface area (Å²) in [5.74, 6) is -0.0896. The highest BCUT2D eigenvalue weighted by atomic mass is 32.2. The van der Waals surface area contributed by atoms with Gasteiger partial charge in [-0.2, -0.15) is 0 Å². The zero-order chi connectivity index (χ0) is 13.2. The maximum Gasteiger partial charge on any atom is 0.206 e. The molecule has 0 heterocycles. The van der Waals surface area contributed by atoms with E-state index in [4.69, 9.17) is 0 Å². The fourth-order valence-corrected chi connectivity index (χ4v) is 2.82. The second-order valence-electron chi connectivity index (χ2n) is 3.82. The van der Waals surface area contributed by atoms with Gasteiger partial charge in [0, 0.05) is 5.56 Å². The lowest BCUT2D eigenvalue weighted by atomic mass is 10.2. The highest BCUT2D eigenvalue weighted by Crippen LogP contribution is 2.20. The molecule has 3 nitrogen and oxygen atoms in total. The zero-order valence-electron chi connectivity index (χ0n) is 9.75. The minimum Gasteiger partial charge on any atom is -0.295 e. The van der Waals surface area contributed by atoms with Crippen molar-refractivity contribution in [1.82, 2.24) is 0 Å². The van der Waals surface area contributed by atoms with E-state index in [1.54, 1.807) is 12.1 Å². The minimum atomic E-state index is -3.51. The fourth-order valence-electron chi connectivity index (χ4n) is 1.56. The number of hydrogen-bond acceptors (Lipinski definition) is 3. The molecular weight excluding hydrogens is 248 g/mol. The van der Waals surface area contributed by atoms with Gasteiger partial charge in [-0.1, -0.05) is 24.3 Å². The molecule has 18 heavy (non-hydrogen) atoms. The number of sulfone groups is 1. The van der Waals surface area contributed by atoms with Gasteiger partial charge in [0.15, 0.2) is 5.78 Å². The molecule has 2 aromatic rings. The summed E-state index contributed by atoms with van der Waals surface area (Å²) in [6.45, 7) is 1.44. The average molecular weight is 259 g/mol. The Hall–Kier alpha value is -1.94. The van der Waals surface area contributed by atoms with Crippen LogP contribution >= 0.6 is 0 Å². The Morgan fingerprint density at radius 2 is 1.44 bits per heavy atom. The van der Waals surface area contributed by atoms with E-state index < -0.39 is 9.84 Å². The molecule has 0 unspecified atom stereocenters. The van der Waals surface area contributed by atoms with E-state index in [2.05, 4.69) is 6.07 Å². The Labute approximate surface area is 106 Å². The van der Waals surface area contributed by atoms with Crippen LogP contribution in [0.1, 0.15) is 17.3 Å². The third kappa shape index (κ3) is 2.33. The summed E-state index contributed by atoms with van der Waals surface area (Å²) in [7, 11) is -3.51. The molecule has 4 heteroatoms. The zero-order valence-corrected chi connectivity index (χ0v) is 10.6. The van der Waals surface area contributed by atoms with Crippen molar-refractivity contribution >= 4 is 15.6 Å². The first-order valence-electron chi connectivity index (χ1n) is 5.34. The second-order valence-corrected chi connectivity index (χ2v) is 5.77. The number of carbonyl (C=O) groups is 1. The number of rotatable bonds is 3. The van der Waals surface area contributed by atoms with E-state index >= 15 is 0 Å². The van der Waals surface area contributed by atoms with Crippen LogP contribution in [0.15, 0.2) is 58.3 Å². The second kappa shape index (κ2) is 4.74. The van der Waals surface area contributed by atoms with Crippen molar-refractivity contribution in [2.75, 3.05) is 0 Å². The Balaban J connectivity index is 2.46. The molecule has 0 bridgehead atoms. The fraction of sp³-hybridized carbons (Fsp3) is 0.0714. The Morgan fingerprint density at radius 1 is 0.944 bits per heavy atom. The Morgan fingerprint density at radius 3 is 1.94 bits per heavy atom. The number of ketones is 1. The van der Waals surface area contributed by atoms with Crippen molar-refractivity contribution in [2.45, 2.75) is 16.7 Å². The number of Topliss-reactive ketones (excluding diaryl/α,β-unsaturated/α-hetero) is 1. The average Bonchev–Trinajstić information content (AvgIpc) is 2.40.